The highest BCUT2D eigenvalue weighted by molar-refractivity contribution is 6.02. The summed E-state index contributed by atoms with van der Waals surface area (Å²) in [5, 5.41) is 6.00. The molecule has 2 aliphatic heterocycles. The minimum absolute atomic E-state index is 0.0346. The van der Waals surface area contributed by atoms with Gasteiger partial charge in [0.2, 0.25) is 5.91 Å². The SMILES string of the molecule is CN(C)[C@]1(c2ccccc2)CC[C@@]2(CC1)CN(c1ncc(-c3cccc4c3CC(=O)N4)cc1F)C(=O)N2. The molecule has 1 aliphatic carbocycles. The van der Waals surface area contributed by atoms with Crippen LogP contribution in [-0.4, -0.2) is 48.0 Å². The molecule has 3 aromatic rings. The summed E-state index contributed by atoms with van der Waals surface area (Å²) in [5.41, 5.74) is 3.71. The van der Waals surface area contributed by atoms with Crippen LogP contribution in [0.2, 0.25) is 0 Å². The molecular weight excluding hydrogens is 469 g/mol. The van der Waals surface area contributed by atoms with Gasteiger partial charge in [0.25, 0.3) is 0 Å². The molecule has 190 valence electrons. The summed E-state index contributed by atoms with van der Waals surface area (Å²) in [4.78, 5) is 33.0. The van der Waals surface area contributed by atoms with Crippen LogP contribution in [0.15, 0.2) is 60.8 Å². The molecule has 37 heavy (non-hydrogen) atoms. The number of amides is 3. The summed E-state index contributed by atoms with van der Waals surface area (Å²) in [5.74, 6) is -0.598. The van der Waals surface area contributed by atoms with Crippen molar-refractivity contribution in [3.05, 3.63) is 77.7 Å². The lowest BCUT2D eigenvalue weighted by Crippen LogP contribution is -2.54. The molecule has 0 bridgehead atoms. The predicted molar refractivity (Wildman–Crippen MR) is 141 cm³/mol. The third-order valence-corrected chi connectivity index (χ3v) is 8.46. The Hall–Kier alpha value is -3.78. The first-order valence-electron chi connectivity index (χ1n) is 12.7. The third-order valence-electron chi connectivity index (χ3n) is 8.46. The van der Waals surface area contributed by atoms with Gasteiger partial charge in [0.1, 0.15) is 0 Å². The molecule has 2 fully saturated rings. The molecule has 3 amide bonds. The maximum atomic E-state index is 15.4. The molecule has 8 heteroatoms. The van der Waals surface area contributed by atoms with E-state index in [0.29, 0.717) is 12.1 Å². The van der Waals surface area contributed by atoms with E-state index in [1.807, 2.05) is 24.3 Å². The molecule has 1 saturated carbocycles. The number of urea groups is 1. The van der Waals surface area contributed by atoms with Gasteiger partial charge in [-0.3, -0.25) is 14.6 Å². The normalized spacial score (nSPS) is 24.9. The topological polar surface area (TPSA) is 77.6 Å². The number of benzene rings is 2. The van der Waals surface area contributed by atoms with Crippen molar-refractivity contribution in [2.24, 2.45) is 0 Å². The van der Waals surface area contributed by atoms with Gasteiger partial charge in [-0.05, 0) is 68.6 Å². The highest BCUT2D eigenvalue weighted by Gasteiger charge is 2.50. The summed E-state index contributed by atoms with van der Waals surface area (Å²) in [6, 6.07) is 17.1. The smallest absolute Gasteiger partial charge is 0.323 e. The molecule has 3 aliphatic rings. The average molecular weight is 500 g/mol. The van der Waals surface area contributed by atoms with E-state index in [1.165, 1.54) is 16.5 Å². The van der Waals surface area contributed by atoms with Crippen LogP contribution in [0.25, 0.3) is 11.1 Å². The number of carbonyl (C=O) groups is 2. The number of carbonyl (C=O) groups excluding carboxylic acids is 2. The molecular formula is C29H30FN5O2. The number of rotatable bonds is 4. The average Bonchev–Trinajstić information content (AvgIpc) is 3.43. The van der Waals surface area contributed by atoms with E-state index in [1.54, 1.807) is 6.20 Å². The number of nitrogens with one attached hydrogen (secondary N) is 2. The highest BCUT2D eigenvalue weighted by atomic mass is 19.1. The summed E-state index contributed by atoms with van der Waals surface area (Å²) in [6.07, 6.45) is 5.20. The van der Waals surface area contributed by atoms with Gasteiger partial charge in [0.05, 0.1) is 18.5 Å². The fraction of sp³-hybridized carbons (Fsp3) is 0.345. The second kappa shape index (κ2) is 8.66. The molecule has 0 unspecified atom stereocenters. The molecule has 6 rings (SSSR count). The maximum absolute atomic E-state index is 15.4. The summed E-state index contributed by atoms with van der Waals surface area (Å²) >= 11 is 0. The minimum atomic E-state index is -0.553. The van der Waals surface area contributed by atoms with Gasteiger partial charge in [-0.1, -0.05) is 42.5 Å². The molecule has 2 aromatic carbocycles. The monoisotopic (exact) mass is 499 g/mol. The van der Waals surface area contributed by atoms with Crippen molar-refractivity contribution in [1.29, 1.82) is 0 Å². The van der Waals surface area contributed by atoms with Crippen molar-refractivity contribution in [3.8, 4) is 11.1 Å². The minimum Gasteiger partial charge on any atom is -0.330 e. The van der Waals surface area contributed by atoms with E-state index < -0.39 is 11.4 Å². The van der Waals surface area contributed by atoms with Crippen molar-refractivity contribution in [2.75, 3.05) is 30.9 Å². The quantitative estimate of drug-likeness (QED) is 0.547. The Bertz CT molecular complexity index is 1380. The van der Waals surface area contributed by atoms with E-state index in [9.17, 15) is 9.59 Å². The van der Waals surface area contributed by atoms with Crippen LogP contribution < -0.4 is 15.5 Å². The lowest BCUT2D eigenvalue weighted by molar-refractivity contribution is -0.115. The van der Waals surface area contributed by atoms with Crippen LogP contribution in [0.1, 0.15) is 36.8 Å². The van der Waals surface area contributed by atoms with E-state index in [2.05, 4.69) is 58.9 Å². The van der Waals surface area contributed by atoms with Crippen molar-refractivity contribution in [2.45, 2.75) is 43.2 Å². The van der Waals surface area contributed by atoms with Crippen LogP contribution in [0.4, 0.5) is 20.7 Å². The van der Waals surface area contributed by atoms with Gasteiger partial charge in [-0.15, -0.1) is 0 Å². The van der Waals surface area contributed by atoms with Crippen molar-refractivity contribution in [1.82, 2.24) is 15.2 Å². The Morgan fingerprint density at radius 1 is 1.00 bits per heavy atom. The van der Waals surface area contributed by atoms with Gasteiger partial charge in [0.15, 0.2) is 11.6 Å². The van der Waals surface area contributed by atoms with E-state index >= 15 is 4.39 Å². The van der Waals surface area contributed by atoms with Gasteiger partial charge >= 0.3 is 6.03 Å². The molecule has 2 N–H and O–H groups in total. The Labute approximate surface area is 215 Å². The standard InChI is InChI=1S/C29H30FN5O2/c1-34(2)29(20-7-4-3-5-8-20)13-11-28(12-14-29)18-35(27(37)33-28)26-23(30)15-19(17-31-26)21-9-6-10-24-22(21)16-25(36)32-24/h3-10,15,17H,11-14,16,18H2,1-2H3,(H,32,36)(H,33,37)/t28-,29-. The lowest BCUT2D eigenvalue weighted by Gasteiger charge is -2.48. The van der Waals surface area contributed by atoms with Gasteiger partial charge in [0, 0.05) is 23.0 Å². The molecule has 3 heterocycles. The second-order valence-electron chi connectivity index (χ2n) is 10.7. The first kappa shape index (κ1) is 23.6. The fourth-order valence-electron chi connectivity index (χ4n) is 6.34. The van der Waals surface area contributed by atoms with Crippen LogP contribution >= 0.6 is 0 Å². The summed E-state index contributed by atoms with van der Waals surface area (Å²) in [7, 11) is 4.22. The van der Waals surface area contributed by atoms with Crippen LogP contribution in [0, 0.1) is 5.82 Å². The number of aromatic nitrogens is 1. The zero-order chi connectivity index (χ0) is 25.8. The molecule has 0 radical (unpaired) electrons. The Morgan fingerprint density at radius 3 is 2.46 bits per heavy atom. The number of fused-ring (bicyclic) bond motifs is 1. The predicted octanol–water partition coefficient (Wildman–Crippen LogP) is 4.68. The Kier molecular flexibility index (Phi) is 5.53. The summed E-state index contributed by atoms with van der Waals surface area (Å²) in [6.45, 7) is 0.382. The number of hydrogen-bond acceptors (Lipinski definition) is 4. The summed E-state index contributed by atoms with van der Waals surface area (Å²) < 4.78 is 15.4. The zero-order valence-electron chi connectivity index (χ0n) is 21.1. The Morgan fingerprint density at radius 2 is 1.76 bits per heavy atom. The van der Waals surface area contributed by atoms with Gasteiger partial charge < -0.3 is 10.6 Å². The zero-order valence-corrected chi connectivity index (χ0v) is 21.1. The Balaban J connectivity index is 1.23. The number of halogens is 1. The number of hydrogen-bond donors (Lipinski definition) is 2. The van der Waals surface area contributed by atoms with E-state index in [-0.39, 0.29) is 29.7 Å². The van der Waals surface area contributed by atoms with E-state index in [4.69, 9.17) is 0 Å². The second-order valence-corrected chi connectivity index (χ2v) is 10.7. The fourth-order valence-corrected chi connectivity index (χ4v) is 6.34. The molecule has 1 saturated heterocycles. The molecule has 1 spiro atoms. The maximum Gasteiger partial charge on any atom is 0.323 e. The molecule has 0 atom stereocenters. The van der Waals surface area contributed by atoms with Gasteiger partial charge in [-0.2, -0.15) is 0 Å². The van der Waals surface area contributed by atoms with Crippen LogP contribution in [0.3, 0.4) is 0 Å². The van der Waals surface area contributed by atoms with Gasteiger partial charge in [-0.25, -0.2) is 14.2 Å². The first-order chi connectivity index (χ1) is 17.8. The lowest BCUT2D eigenvalue weighted by atomic mass is 9.69. The number of nitrogens with zero attached hydrogens (tertiary/aromatic N) is 3. The van der Waals surface area contributed by atoms with Crippen molar-refractivity contribution in [3.63, 3.8) is 0 Å². The van der Waals surface area contributed by atoms with Crippen molar-refractivity contribution >= 4 is 23.4 Å². The molecule has 1 aromatic heterocycles. The number of pyridine rings is 1. The van der Waals surface area contributed by atoms with Crippen molar-refractivity contribution < 1.29 is 14.0 Å². The number of anilines is 2. The largest absolute Gasteiger partial charge is 0.330 e. The third kappa shape index (κ3) is 3.87. The first-order valence-corrected chi connectivity index (χ1v) is 12.7. The highest BCUT2D eigenvalue weighted by Crippen LogP contribution is 2.46. The van der Waals surface area contributed by atoms with E-state index in [0.717, 1.165) is 42.5 Å². The van der Waals surface area contributed by atoms with Crippen LogP contribution in [-0.2, 0) is 16.8 Å². The van der Waals surface area contributed by atoms with Crippen LogP contribution in [0.5, 0.6) is 0 Å². The molecule has 7 nitrogen and oxygen atoms in total.